The van der Waals surface area contributed by atoms with E-state index in [0.717, 1.165) is 28.6 Å². The van der Waals surface area contributed by atoms with Crippen molar-refractivity contribution < 1.29 is 14.4 Å². The van der Waals surface area contributed by atoms with Crippen LogP contribution in [0.2, 0.25) is 0 Å². The van der Waals surface area contributed by atoms with E-state index in [-0.39, 0.29) is 6.04 Å². The number of anilines is 1. The number of aromatic nitrogens is 3. The van der Waals surface area contributed by atoms with Gasteiger partial charge in [0.25, 0.3) is 0 Å². The first kappa shape index (κ1) is 19.2. The van der Waals surface area contributed by atoms with Crippen LogP contribution in [0.3, 0.4) is 0 Å². The van der Waals surface area contributed by atoms with Crippen LogP contribution in [-0.4, -0.2) is 44.4 Å². The zero-order valence-corrected chi connectivity index (χ0v) is 16.8. The molecule has 0 bridgehead atoms. The minimum absolute atomic E-state index is 0.0895. The molecule has 0 saturated carbocycles. The number of benzene rings is 1. The Morgan fingerprint density at radius 3 is 2.69 bits per heavy atom. The van der Waals surface area contributed by atoms with Crippen molar-refractivity contribution in [3.05, 3.63) is 42.9 Å². The van der Waals surface area contributed by atoms with E-state index in [4.69, 9.17) is 15.3 Å². The highest BCUT2D eigenvalue weighted by Crippen LogP contribution is 2.36. The highest BCUT2D eigenvalue weighted by Gasteiger charge is 2.30. The molecule has 3 heterocycles. The Balaban J connectivity index is 1.61. The van der Waals surface area contributed by atoms with Gasteiger partial charge in [-0.15, -0.1) is 5.06 Å². The van der Waals surface area contributed by atoms with Gasteiger partial charge in [-0.2, -0.15) is 0 Å². The molecule has 1 atom stereocenters. The van der Waals surface area contributed by atoms with Crippen molar-refractivity contribution in [2.75, 3.05) is 18.8 Å². The van der Waals surface area contributed by atoms with Crippen LogP contribution in [0.4, 0.5) is 10.6 Å². The number of nitrogens with zero attached hydrogens (tertiary/aromatic N) is 4. The van der Waals surface area contributed by atoms with Gasteiger partial charge >= 0.3 is 6.16 Å². The van der Waals surface area contributed by atoms with Gasteiger partial charge < -0.3 is 19.9 Å². The first-order valence-electron chi connectivity index (χ1n) is 9.64. The molecule has 2 N–H and O–H groups in total. The second-order valence-electron chi connectivity index (χ2n) is 8.16. The normalized spacial score (nSPS) is 17.6. The van der Waals surface area contributed by atoms with Crippen LogP contribution in [0.1, 0.15) is 33.2 Å². The van der Waals surface area contributed by atoms with Crippen molar-refractivity contribution in [2.45, 2.75) is 38.8 Å². The summed E-state index contributed by atoms with van der Waals surface area (Å²) in [7, 11) is 0. The van der Waals surface area contributed by atoms with Gasteiger partial charge in [0.1, 0.15) is 23.4 Å². The number of hydrogen-bond donors (Lipinski definition) is 1. The van der Waals surface area contributed by atoms with E-state index in [1.54, 1.807) is 5.06 Å². The number of carbonyl (C=O) groups is 1. The number of nitrogens with two attached hydrogens (primary N) is 1. The van der Waals surface area contributed by atoms with Crippen LogP contribution in [0, 0.1) is 0 Å². The van der Waals surface area contributed by atoms with Gasteiger partial charge in [0.05, 0.1) is 18.0 Å². The molecule has 1 saturated heterocycles. The van der Waals surface area contributed by atoms with Crippen LogP contribution < -0.4 is 5.73 Å². The second kappa shape index (κ2) is 7.36. The molecule has 0 spiro atoms. The van der Waals surface area contributed by atoms with Crippen molar-refractivity contribution >= 4 is 23.0 Å². The molecule has 1 unspecified atom stereocenters. The van der Waals surface area contributed by atoms with Gasteiger partial charge in [0, 0.05) is 18.3 Å². The maximum atomic E-state index is 12.0. The van der Waals surface area contributed by atoms with E-state index in [1.807, 2.05) is 51.1 Å². The molecule has 0 amide bonds. The summed E-state index contributed by atoms with van der Waals surface area (Å²) >= 11 is 0. The zero-order chi connectivity index (χ0) is 20.6. The van der Waals surface area contributed by atoms with Crippen LogP contribution in [0.5, 0.6) is 0 Å². The van der Waals surface area contributed by atoms with Crippen LogP contribution in [0.15, 0.2) is 42.9 Å². The second-order valence-corrected chi connectivity index (χ2v) is 8.16. The van der Waals surface area contributed by atoms with E-state index >= 15 is 0 Å². The predicted octanol–water partition coefficient (Wildman–Crippen LogP) is 3.79. The highest BCUT2D eigenvalue weighted by atomic mass is 16.8. The van der Waals surface area contributed by atoms with E-state index in [9.17, 15) is 4.79 Å². The number of fused-ring (bicyclic) bond motifs is 1. The third-order valence-electron chi connectivity index (χ3n) is 4.84. The van der Waals surface area contributed by atoms with E-state index in [1.165, 1.54) is 6.33 Å². The van der Waals surface area contributed by atoms with Gasteiger partial charge in [-0.25, -0.2) is 14.8 Å². The van der Waals surface area contributed by atoms with E-state index < -0.39 is 11.8 Å². The Morgan fingerprint density at radius 2 is 1.97 bits per heavy atom. The Morgan fingerprint density at radius 1 is 1.21 bits per heavy atom. The van der Waals surface area contributed by atoms with Crippen molar-refractivity contribution in [3.63, 3.8) is 0 Å². The summed E-state index contributed by atoms with van der Waals surface area (Å²) in [4.78, 5) is 26.0. The molecule has 8 heteroatoms. The molecular weight excluding hydrogens is 370 g/mol. The molecule has 3 aromatic rings. The number of rotatable bonds is 3. The van der Waals surface area contributed by atoms with Gasteiger partial charge in [0.15, 0.2) is 0 Å². The molecule has 2 aromatic heterocycles. The lowest BCUT2D eigenvalue weighted by molar-refractivity contribution is -0.131. The summed E-state index contributed by atoms with van der Waals surface area (Å²) in [6, 6.07) is 10.1. The summed E-state index contributed by atoms with van der Waals surface area (Å²) < 4.78 is 7.35. The largest absolute Gasteiger partial charge is 0.528 e. The summed E-state index contributed by atoms with van der Waals surface area (Å²) in [5.41, 5.74) is 8.43. The van der Waals surface area contributed by atoms with Crippen LogP contribution >= 0.6 is 0 Å². The smallest absolute Gasteiger partial charge is 0.427 e. The fourth-order valence-electron chi connectivity index (χ4n) is 3.62. The maximum Gasteiger partial charge on any atom is 0.528 e. The molecule has 8 nitrogen and oxygen atoms in total. The molecule has 1 aliphatic heterocycles. The van der Waals surface area contributed by atoms with Gasteiger partial charge in [-0.3, -0.25) is 0 Å². The fraction of sp³-hybridized carbons (Fsp3) is 0.381. The summed E-state index contributed by atoms with van der Waals surface area (Å²) in [6.07, 6.45) is 3.66. The Bertz CT molecular complexity index is 1030. The first-order valence-corrected chi connectivity index (χ1v) is 9.64. The third kappa shape index (κ3) is 4.02. The summed E-state index contributed by atoms with van der Waals surface area (Å²) in [5, 5.41) is 2.47. The molecule has 1 aliphatic rings. The standard InChI is InChI=1S/C21H25N5O3/c1-21(2,3)28-20(27)29-25-10-9-15(11-25)26-12-16(14-7-5-4-6-8-14)17-18(22)23-13-24-19(17)26/h4-8,12-13,15H,9-11H2,1-3H3,(H2,22,23,24). The van der Waals surface area contributed by atoms with E-state index in [2.05, 4.69) is 20.7 Å². The molecule has 29 heavy (non-hydrogen) atoms. The maximum absolute atomic E-state index is 12.0. The molecular formula is C21H25N5O3. The van der Waals surface area contributed by atoms with Gasteiger partial charge in [0.2, 0.25) is 0 Å². The molecule has 1 fully saturated rings. The average Bonchev–Trinajstić information content (AvgIpc) is 3.26. The molecule has 0 aliphatic carbocycles. The quantitative estimate of drug-likeness (QED) is 0.674. The van der Waals surface area contributed by atoms with Crippen LogP contribution in [-0.2, 0) is 9.57 Å². The van der Waals surface area contributed by atoms with Crippen molar-refractivity contribution in [1.29, 1.82) is 0 Å². The van der Waals surface area contributed by atoms with Crippen molar-refractivity contribution in [1.82, 2.24) is 19.6 Å². The molecule has 4 rings (SSSR count). The van der Waals surface area contributed by atoms with E-state index in [0.29, 0.717) is 18.9 Å². The number of carbonyl (C=O) groups excluding carboxylic acids is 1. The number of nitrogen functional groups attached to an aromatic ring is 1. The monoisotopic (exact) mass is 395 g/mol. The highest BCUT2D eigenvalue weighted by molar-refractivity contribution is 6.00. The van der Waals surface area contributed by atoms with Crippen molar-refractivity contribution in [2.24, 2.45) is 0 Å². The minimum Gasteiger partial charge on any atom is -0.427 e. The summed E-state index contributed by atoms with van der Waals surface area (Å²) in [6.45, 7) is 6.58. The average molecular weight is 395 g/mol. The molecule has 1 aromatic carbocycles. The Labute approximate surface area is 169 Å². The molecule has 0 radical (unpaired) electrons. The lowest BCUT2D eigenvalue weighted by Gasteiger charge is -2.21. The first-order chi connectivity index (χ1) is 13.8. The third-order valence-corrected chi connectivity index (χ3v) is 4.84. The van der Waals surface area contributed by atoms with Gasteiger partial charge in [-0.05, 0) is 32.8 Å². The topological polar surface area (TPSA) is 95.5 Å². The Kier molecular flexibility index (Phi) is 4.87. The zero-order valence-electron chi connectivity index (χ0n) is 16.8. The number of hydroxylamine groups is 2. The van der Waals surface area contributed by atoms with Crippen molar-refractivity contribution in [3.8, 4) is 11.1 Å². The number of ether oxygens (including phenoxy) is 1. The Hall–Kier alpha value is -3.13. The lowest BCUT2D eigenvalue weighted by Crippen LogP contribution is -2.31. The van der Waals surface area contributed by atoms with Gasteiger partial charge in [-0.1, -0.05) is 30.3 Å². The fourth-order valence-corrected chi connectivity index (χ4v) is 3.62. The van der Waals surface area contributed by atoms with Crippen LogP contribution in [0.25, 0.3) is 22.2 Å². The summed E-state index contributed by atoms with van der Waals surface area (Å²) in [5.74, 6) is 0.451. The minimum atomic E-state index is -0.688. The number of hydrogen-bond acceptors (Lipinski definition) is 7. The SMILES string of the molecule is CC(C)(C)OC(=O)ON1CCC(n2cc(-c3ccccc3)c3c(N)ncnc32)C1. The molecule has 152 valence electrons. The lowest BCUT2D eigenvalue weighted by atomic mass is 10.1. The predicted molar refractivity (Wildman–Crippen MR) is 110 cm³/mol.